The molecule has 1 saturated carbocycles. The first-order chi connectivity index (χ1) is 15.9. The minimum absolute atomic E-state index is 0.0791. The number of benzene rings is 1. The van der Waals surface area contributed by atoms with Crippen molar-refractivity contribution < 1.29 is 9.18 Å². The van der Waals surface area contributed by atoms with Gasteiger partial charge in [-0.3, -0.25) is 4.79 Å². The molecule has 1 aromatic carbocycles. The van der Waals surface area contributed by atoms with Crippen molar-refractivity contribution in [3.63, 3.8) is 0 Å². The molecule has 2 heterocycles. The number of nitrogens with zero attached hydrogens (tertiary/aromatic N) is 4. The molecule has 1 aliphatic heterocycles. The van der Waals surface area contributed by atoms with Crippen LogP contribution in [0.25, 0.3) is 0 Å². The first-order valence-electron chi connectivity index (χ1n) is 11.5. The number of aromatic nitrogens is 2. The highest BCUT2D eigenvalue weighted by Crippen LogP contribution is 2.44. The second-order valence-electron chi connectivity index (χ2n) is 9.35. The van der Waals surface area contributed by atoms with Crippen molar-refractivity contribution in [3.05, 3.63) is 47.9 Å². The van der Waals surface area contributed by atoms with Gasteiger partial charge in [0, 0.05) is 43.6 Å². The number of carbonyl (C=O) groups is 1. The van der Waals surface area contributed by atoms with Gasteiger partial charge in [0.05, 0.1) is 12.1 Å². The zero-order chi connectivity index (χ0) is 23.1. The molecule has 0 spiro atoms. The van der Waals surface area contributed by atoms with E-state index in [0.29, 0.717) is 5.95 Å². The first-order valence-corrected chi connectivity index (χ1v) is 11.5. The number of rotatable bonds is 6. The number of carbonyl (C=O) groups excluding carboxylic acids is 1. The minimum atomic E-state index is -0.558. The molecule has 4 atom stereocenters. The Hall–Kier alpha value is -3.20. The second kappa shape index (κ2) is 8.62. The predicted molar refractivity (Wildman–Crippen MR) is 127 cm³/mol. The number of allylic oxidation sites excluding steroid dienone is 1. The average molecular weight is 452 g/mol. The molecule has 8 nitrogen and oxygen atoms in total. The van der Waals surface area contributed by atoms with E-state index in [-0.39, 0.29) is 35.5 Å². The maximum Gasteiger partial charge on any atom is 0.229 e. The van der Waals surface area contributed by atoms with E-state index in [2.05, 4.69) is 62.6 Å². The number of hydrogen-bond donors (Lipinski definition) is 3. The lowest BCUT2D eigenvalue weighted by Crippen LogP contribution is -2.44. The van der Waals surface area contributed by atoms with Gasteiger partial charge in [-0.2, -0.15) is 4.98 Å². The van der Waals surface area contributed by atoms with Crippen molar-refractivity contribution in [1.82, 2.24) is 14.9 Å². The Morgan fingerprint density at radius 2 is 1.94 bits per heavy atom. The molecule has 0 unspecified atom stereocenters. The summed E-state index contributed by atoms with van der Waals surface area (Å²) in [5, 5.41) is 6.32. The van der Waals surface area contributed by atoms with Crippen LogP contribution in [0.5, 0.6) is 0 Å². The number of piperazine rings is 1. The average Bonchev–Trinajstić information content (AvgIpc) is 3.39. The molecule has 1 amide bonds. The fourth-order valence-corrected chi connectivity index (χ4v) is 5.36. The summed E-state index contributed by atoms with van der Waals surface area (Å²) in [6.07, 6.45) is 6.11. The number of amides is 1. The molecule has 9 heteroatoms. The third-order valence-corrected chi connectivity index (χ3v) is 7.13. The molecule has 2 fully saturated rings. The Morgan fingerprint density at radius 3 is 2.67 bits per heavy atom. The topological polar surface area (TPSA) is 99.4 Å². The standard InChI is InChI=1S/C24H30FN7O/c1-14-11-17(5-6-19(14)32-9-7-31(2)8-10-32)28-24-27-13-18(25)23(30-24)29-21-16-4-3-15(12-16)20(21)22(26)33/h3-6,11,13,15-16,20-21H,7-10,12H2,1-2H3,(H2,26,33)(H2,27,28,29,30)/t15-,16+,20+,21-/m0/s1. The molecule has 174 valence electrons. The Labute approximate surface area is 193 Å². The summed E-state index contributed by atoms with van der Waals surface area (Å²) in [5.41, 5.74) is 8.84. The van der Waals surface area contributed by atoms with Gasteiger partial charge in [-0.25, -0.2) is 9.37 Å². The summed E-state index contributed by atoms with van der Waals surface area (Å²) in [4.78, 5) is 25.2. The normalized spacial score (nSPS) is 26.6. The summed E-state index contributed by atoms with van der Waals surface area (Å²) >= 11 is 0. The summed E-state index contributed by atoms with van der Waals surface area (Å²) in [6.45, 7) is 6.20. The Morgan fingerprint density at radius 1 is 1.18 bits per heavy atom. The van der Waals surface area contributed by atoms with Crippen molar-refractivity contribution in [2.45, 2.75) is 19.4 Å². The van der Waals surface area contributed by atoms with Crippen LogP contribution in [0, 0.1) is 30.5 Å². The van der Waals surface area contributed by atoms with Gasteiger partial charge >= 0.3 is 0 Å². The van der Waals surface area contributed by atoms with Gasteiger partial charge in [0.1, 0.15) is 0 Å². The third kappa shape index (κ3) is 4.25. The summed E-state index contributed by atoms with van der Waals surface area (Å²) in [6, 6.07) is 5.88. The minimum Gasteiger partial charge on any atom is -0.369 e. The highest BCUT2D eigenvalue weighted by atomic mass is 19.1. The summed E-state index contributed by atoms with van der Waals surface area (Å²) < 4.78 is 14.5. The van der Waals surface area contributed by atoms with Gasteiger partial charge < -0.3 is 26.2 Å². The number of nitrogens with two attached hydrogens (primary N) is 1. The van der Waals surface area contributed by atoms with Gasteiger partial charge in [0.25, 0.3) is 0 Å². The van der Waals surface area contributed by atoms with E-state index in [1.807, 2.05) is 12.1 Å². The van der Waals surface area contributed by atoms with Gasteiger partial charge in [-0.05, 0) is 56.0 Å². The molecule has 2 aliphatic carbocycles. The fraction of sp³-hybridized carbons (Fsp3) is 0.458. The number of likely N-dealkylation sites (N-methyl/N-ethyl adjacent to an activating group) is 1. The van der Waals surface area contributed by atoms with Crippen LogP contribution in [0.3, 0.4) is 0 Å². The van der Waals surface area contributed by atoms with E-state index in [0.717, 1.165) is 50.0 Å². The molecule has 2 bridgehead atoms. The first kappa shape index (κ1) is 21.6. The maximum absolute atomic E-state index is 14.5. The number of halogens is 1. The predicted octanol–water partition coefficient (Wildman–Crippen LogP) is 2.51. The van der Waals surface area contributed by atoms with Crippen LogP contribution in [0.4, 0.5) is 27.5 Å². The third-order valence-electron chi connectivity index (χ3n) is 7.13. The monoisotopic (exact) mass is 451 g/mol. The van der Waals surface area contributed by atoms with Crippen molar-refractivity contribution in [2.75, 3.05) is 48.8 Å². The van der Waals surface area contributed by atoms with Gasteiger partial charge in [-0.15, -0.1) is 0 Å². The SMILES string of the molecule is Cc1cc(Nc2ncc(F)c(N[C@@H]3[C@H](C(N)=O)[C@H]4C=C[C@@H]3C4)n2)ccc1N1CCN(C)CC1. The molecule has 33 heavy (non-hydrogen) atoms. The van der Waals surface area contributed by atoms with Crippen LogP contribution >= 0.6 is 0 Å². The zero-order valence-corrected chi connectivity index (χ0v) is 19.0. The van der Waals surface area contributed by atoms with E-state index in [4.69, 9.17) is 5.73 Å². The molecule has 5 rings (SSSR count). The highest BCUT2D eigenvalue weighted by molar-refractivity contribution is 5.79. The lowest BCUT2D eigenvalue weighted by Gasteiger charge is -2.35. The van der Waals surface area contributed by atoms with Crippen LogP contribution < -0.4 is 21.3 Å². The maximum atomic E-state index is 14.5. The summed E-state index contributed by atoms with van der Waals surface area (Å²) in [7, 11) is 2.14. The lowest BCUT2D eigenvalue weighted by molar-refractivity contribution is -0.122. The molecular formula is C24H30FN7O. The molecule has 1 saturated heterocycles. The van der Waals surface area contributed by atoms with Crippen LogP contribution in [-0.2, 0) is 4.79 Å². The quantitative estimate of drug-likeness (QED) is 0.581. The van der Waals surface area contributed by atoms with E-state index >= 15 is 0 Å². The van der Waals surface area contributed by atoms with Crippen LogP contribution in [0.1, 0.15) is 12.0 Å². The Bertz CT molecular complexity index is 1080. The van der Waals surface area contributed by atoms with E-state index in [1.165, 1.54) is 5.69 Å². The number of fused-ring (bicyclic) bond motifs is 2. The van der Waals surface area contributed by atoms with Crippen molar-refractivity contribution in [3.8, 4) is 0 Å². The molecule has 2 aromatic rings. The lowest BCUT2D eigenvalue weighted by atomic mass is 9.88. The number of aryl methyl sites for hydroxylation is 1. The van der Waals surface area contributed by atoms with Crippen molar-refractivity contribution in [2.24, 2.45) is 23.5 Å². The van der Waals surface area contributed by atoms with Gasteiger partial charge in [0.2, 0.25) is 11.9 Å². The molecule has 1 aromatic heterocycles. The van der Waals surface area contributed by atoms with Crippen LogP contribution in [0.2, 0.25) is 0 Å². The zero-order valence-electron chi connectivity index (χ0n) is 19.0. The fourth-order valence-electron chi connectivity index (χ4n) is 5.36. The van der Waals surface area contributed by atoms with E-state index in [1.54, 1.807) is 0 Å². The Balaban J connectivity index is 1.31. The van der Waals surface area contributed by atoms with Crippen molar-refractivity contribution in [1.29, 1.82) is 0 Å². The van der Waals surface area contributed by atoms with Gasteiger partial charge in [0.15, 0.2) is 11.6 Å². The molecule has 4 N–H and O–H groups in total. The number of nitrogens with one attached hydrogen (secondary N) is 2. The van der Waals surface area contributed by atoms with Crippen molar-refractivity contribution >= 4 is 29.0 Å². The molecule has 3 aliphatic rings. The van der Waals surface area contributed by atoms with Gasteiger partial charge in [-0.1, -0.05) is 12.2 Å². The number of hydrogen-bond acceptors (Lipinski definition) is 7. The van der Waals surface area contributed by atoms with E-state index < -0.39 is 5.82 Å². The van der Waals surface area contributed by atoms with E-state index in [9.17, 15) is 9.18 Å². The highest BCUT2D eigenvalue weighted by Gasteiger charge is 2.47. The number of anilines is 4. The summed E-state index contributed by atoms with van der Waals surface area (Å²) in [5.74, 6) is -0.673. The molecular weight excluding hydrogens is 421 g/mol. The number of primary amides is 1. The Kier molecular flexibility index (Phi) is 5.65. The molecule has 0 radical (unpaired) electrons. The largest absolute Gasteiger partial charge is 0.369 e. The van der Waals surface area contributed by atoms with Crippen LogP contribution in [0.15, 0.2) is 36.5 Å². The van der Waals surface area contributed by atoms with Crippen LogP contribution in [-0.4, -0.2) is 60.0 Å². The smallest absolute Gasteiger partial charge is 0.229 e. The second-order valence-corrected chi connectivity index (χ2v) is 9.35.